The average Bonchev–Trinajstić information content (AvgIpc) is 3.52. The summed E-state index contributed by atoms with van der Waals surface area (Å²) >= 11 is 5.00. The number of hydrogen-bond acceptors (Lipinski definition) is 9. The molecule has 5 rings (SSSR count). The highest BCUT2D eigenvalue weighted by Gasteiger charge is 2.30. The summed E-state index contributed by atoms with van der Waals surface area (Å²) < 4.78 is 19.3. The van der Waals surface area contributed by atoms with Gasteiger partial charge in [0.05, 0.1) is 6.33 Å². The maximum atomic E-state index is 12.4. The molecular formula is C23H27BrN6O4S. The molecule has 1 aromatic carbocycles. The zero-order valence-corrected chi connectivity index (χ0v) is 22.2. The number of ether oxygens (including phenoxy) is 3. The van der Waals surface area contributed by atoms with Crippen molar-refractivity contribution in [2.24, 2.45) is 5.92 Å². The van der Waals surface area contributed by atoms with Crippen molar-refractivity contribution in [1.82, 2.24) is 24.4 Å². The summed E-state index contributed by atoms with van der Waals surface area (Å²) in [5.41, 5.74) is 6.20. The Balaban J connectivity index is 1.27. The number of nitrogen functional groups attached to an aromatic ring is 1. The van der Waals surface area contributed by atoms with Crippen LogP contribution in [0.4, 0.5) is 10.6 Å². The molecule has 10 nitrogen and oxygen atoms in total. The fourth-order valence-electron chi connectivity index (χ4n) is 4.10. The van der Waals surface area contributed by atoms with Crippen LogP contribution >= 0.6 is 27.7 Å². The summed E-state index contributed by atoms with van der Waals surface area (Å²) in [5, 5.41) is 0.574. The lowest BCUT2D eigenvalue weighted by molar-refractivity contribution is 0.0287. The first-order chi connectivity index (χ1) is 16.7. The van der Waals surface area contributed by atoms with E-state index < -0.39 is 5.60 Å². The number of amides is 1. The quantitative estimate of drug-likeness (QED) is 0.473. The molecule has 0 aromatic heterocycles. The lowest BCUT2D eigenvalue weighted by Crippen LogP contribution is -2.35. The molecule has 4 heterocycles. The predicted molar refractivity (Wildman–Crippen MR) is 134 cm³/mol. The van der Waals surface area contributed by atoms with E-state index in [1.807, 2.05) is 37.5 Å². The molecule has 1 aromatic rings. The minimum atomic E-state index is -0.491. The standard InChI is InChI=1S/C23H27BrN6O4S/c1-23(2,3)34-22(31)29-6-4-13(10-29)5-7-30-11-26-19(25)18-20(30)28-21(27-18)35-17-9-16-15(8-14(17)24)32-12-33-16/h8-9,11,13H,4-7,10,12,25H2,1-3H3/t13-/m1/s1. The topological polar surface area (TPSA) is 118 Å². The molecular weight excluding hydrogens is 536 g/mol. The molecule has 1 fully saturated rings. The van der Waals surface area contributed by atoms with Crippen molar-refractivity contribution in [3.8, 4) is 23.0 Å². The van der Waals surface area contributed by atoms with E-state index in [0.717, 1.165) is 22.2 Å². The first-order valence-electron chi connectivity index (χ1n) is 11.4. The van der Waals surface area contributed by atoms with E-state index in [4.69, 9.17) is 24.9 Å². The highest BCUT2D eigenvalue weighted by atomic mass is 79.9. The van der Waals surface area contributed by atoms with Crippen LogP contribution in [-0.2, 0) is 11.3 Å². The summed E-state index contributed by atoms with van der Waals surface area (Å²) in [6, 6.07) is 3.79. The van der Waals surface area contributed by atoms with Gasteiger partial charge in [-0.05, 0) is 79.4 Å². The van der Waals surface area contributed by atoms with E-state index in [0.29, 0.717) is 59.5 Å². The fraction of sp³-hybridized carbons (Fsp3) is 0.478. The number of nitrogens with two attached hydrogens (primary N) is 1. The monoisotopic (exact) mass is 562 g/mol. The Labute approximate surface area is 216 Å². The molecule has 0 spiro atoms. The van der Waals surface area contributed by atoms with E-state index in [2.05, 4.69) is 25.9 Å². The molecule has 12 heteroatoms. The lowest BCUT2D eigenvalue weighted by atomic mass is 10.1. The van der Waals surface area contributed by atoms with Crippen LogP contribution in [-0.4, -0.2) is 56.0 Å². The van der Waals surface area contributed by atoms with E-state index >= 15 is 0 Å². The van der Waals surface area contributed by atoms with Gasteiger partial charge < -0.3 is 29.4 Å². The molecule has 4 aliphatic heterocycles. The maximum absolute atomic E-state index is 12.4. The summed E-state index contributed by atoms with van der Waals surface area (Å²) in [4.78, 5) is 28.8. The number of likely N-dealkylation sites (tertiary alicyclic amines) is 1. The summed E-state index contributed by atoms with van der Waals surface area (Å²) in [7, 11) is 0. The van der Waals surface area contributed by atoms with Crippen LogP contribution < -0.4 is 15.2 Å². The second-order valence-corrected chi connectivity index (χ2v) is 11.5. The first-order valence-corrected chi connectivity index (χ1v) is 13.0. The fourth-order valence-corrected chi connectivity index (χ4v) is 5.45. The van der Waals surface area contributed by atoms with Crippen molar-refractivity contribution in [2.75, 3.05) is 25.6 Å². The van der Waals surface area contributed by atoms with Crippen molar-refractivity contribution in [3.05, 3.63) is 22.9 Å². The largest absolute Gasteiger partial charge is 0.454 e. The zero-order valence-electron chi connectivity index (χ0n) is 19.8. The number of rotatable bonds is 5. The minimum absolute atomic E-state index is 0.214. The van der Waals surface area contributed by atoms with Gasteiger partial charge in [-0.25, -0.2) is 19.7 Å². The Morgan fingerprint density at radius 3 is 2.83 bits per heavy atom. The number of benzene rings is 1. The molecule has 0 saturated carbocycles. The van der Waals surface area contributed by atoms with Crippen molar-refractivity contribution in [3.63, 3.8) is 0 Å². The molecule has 0 unspecified atom stereocenters. The van der Waals surface area contributed by atoms with Crippen molar-refractivity contribution >= 4 is 39.6 Å². The van der Waals surface area contributed by atoms with Crippen LogP contribution in [0.5, 0.6) is 11.5 Å². The van der Waals surface area contributed by atoms with E-state index in [-0.39, 0.29) is 12.9 Å². The van der Waals surface area contributed by atoms with Crippen molar-refractivity contribution in [1.29, 1.82) is 0 Å². The first kappa shape index (κ1) is 24.0. The number of fused-ring (bicyclic) bond motifs is 2. The van der Waals surface area contributed by atoms with Crippen LogP contribution in [0.15, 0.2) is 33.0 Å². The second-order valence-electron chi connectivity index (χ2n) is 9.61. The third-order valence-electron chi connectivity index (χ3n) is 5.82. The third kappa shape index (κ3) is 5.27. The number of aryl methyl sites for hydroxylation is 1. The number of imidazole rings is 1. The average molecular weight is 563 g/mol. The Hall–Kier alpha value is -2.73. The van der Waals surface area contributed by atoms with Crippen LogP contribution in [0.25, 0.3) is 11.5 Å². The van der Waals surface area contributed by atoms with Gasteiger partial charge in [-0.3, -0.25) is 0 Å². The number of carbonyl (C=O) groups excluding carboxylic acids is 1. The predicted octanol–water partition coefficient (Wildman–Crippen LogP) is 4.65. The van der Waals surface area contributed by atoms with Crippen LogP contribution in [0, 0.1) is 5.92 Å². The molecule has 0 bridgehead atoms. The van der Waals surface area contributed by atoms with E-state index in [1.54, 1.807) is 11.2 Å². The number of halogens is 1. The normalized spacial score (nSPS) is 17.4. The van der Waals surface area contributed by atoms with E-state index in [1.165, 1.54) is 11.8 Å². The van der Waals surface area contributed by atoms with Crippen molar-refractivity contribution in [2.45, 2.75) is 55.8 Å². The number of anilines is 1. The zero-order chi connectivity index (χ0) is 24.7. The molecule has 1 amide bonds. The maximum Gasteiger partial charge on any atom is 0.410 e. The van der Waals surface area contributed by atoms with Gasteiger partial charge in [-0.2, -0.15) is 0 Å². The lowest BCUT2D eigenvalue weighted by Gasteiger charge is -2.24. The Bertz CT molecular complexity index is 1230. The second kappa shape index (κ2) is 9.38. The Morgan fingerprint density at radius 1 is 1.29 bits per heavy atom. The molecule has 0 radical (unpaired) electrons. The number of nitrogens with zero attached hydrogens (tertiary/aromatic N) is 5. The third-order valence-corrected chi connectivity index (χ3v) is 7.66. The molecule has 186 valence electrons. The van der Waals surface area contributed by atoms with Gasteiger partial charge in [0.25, 0.3) is 0 Å². The molecule has 0 aliphatic carbocycles. The number of carbonyl (C=O) groups is 1. The molecule has 4 aliphatic rings. The number of hydrogen-bond donors (Lipinski definition) is 1. The molecule has 35 heavy (non-hydrogen) atoms. The highest BCUT2D eigenvalue weighted by molar-refractivity contribution is 9.10. The van der Waals surface area contributed by atoms with Gasteiger partial charge in [-0.15, -0.1) is 0 Å². The highest BCUT2D eigenvalue weighted by Crippen LogP contribution is 2.43. The molecule has 2 N–H and O–H groups in total. The van der Waals surface area contributed by atoms with Gasteiger partial charge in [0, 0.05) is 29.0 Å². The van der Waals surface area contributed by atoms with Crippen LogP contribution in [0.2, 0.25) is 0 Å². The summed E-state index contributed by atoms with van der Waals surface area (Å²) in [5.74, 6) is 2.82. The van der Waals surface area contributed by atoms with E-state index in [9.17, 15) is 4.79 Å². The minimum Gasteiger partial charge on any atom is -0.454 e. The van der Waals surface area contributed by atoms with Crippen LogP contribution in [0.3, 0.4) is 0 Å². The summed E-state index contributed by atoms with van der Waals surface area (Å²) in [6.07, 6.45) is 3.28. The molecule has 1 atom stereocenters. The molecule has 1 saturated heterocycles. The van der Waals surface area contributed by atoms with Crippen LogP contribution in [0.1, 0.15) is 33.6 Å². The SMILES string of the molecule is CC(C)(C)OC(=O)N1CC[C@H](CCn2cnc(N)c3nc(Sc4cc5c(cc4Br)OCO5)nc2-3)C1. The number of aromatic nitrogens is 4. The van der Waals surface area contributed by atoms with Gasteiger partial charge in [0.1, 0.15) is 5.60 Å². The Morgan fingerprint density at radius 2 is 2.06 bits per heavy atom. The van der Waals surface area contributed by atoms with Gasteiger partial charge in [-0.1, -0.05) is 0 Å². The smallest absolute Gasteiger partial charge is 0.410 e. The van der Waals surface area contributed by atoms with Gasteiger partial charge in [0.15, 0.2) is 34.0 Å². The summed E-state index contributed by atoms with van der Waals surface area (Å²) in [6.45, 7) is 7.96. The van der Waals surface area contributed by atoms with Crippen molar-refractivity contribution < 1.29 is 19.0 Å². The van der Waals surface area contributed by atoms with Gasteiger partial charge >= 0.3 is 6.09 Å². The Kier molecular flexibility index (Phi) is 6.43. The van der Waals surface area contributed by atoms with Gasteiger partial charge in [0.2, 0.25) is 6.79 Å².